The van der Waals surface area contributed by atoms with Crippen molar-refractivity contribution in [3.63, 3.8) is 0 Å². The minimum atomic E-state index is -0.00822. The zero-order valence-electron chi connectivity index (χ0n) is 11.9. The molecule has 2 aromatic rings. The van der Waals surface area contributed by atoms with Gasteiger partial charge in [0.15, 0.2) is 0 Å². The molecule has 0 radical (unpaired) electrons. The van der Waals surface area contributed by atoms with Crippen molar-refractivity contribution in [2.45, 2.75) is 26.8 Å². The van der Waals surface area contributed by atoms with Gasteiger partial charge in [-0.05, 0) is 36.6 Å². The Bertz CT molecular complexity index is 603. The number of hydrogen-bond donors (Lipinski definition) is 2. The molecule has 0 aromatic heterocycles. The van der Waals surface area contributed by atoms with Gasteiger partial charge >= 0.3 is 0 Å². The lowest BCUT2D eigenvalue weighted by atomic mass is 10.1. The molecule has 0 atom stereocenters. The topological polar surface area (TPSA) is 55.1 Å². The fourth-order valence-corrected chi connectivity index (χ4v) is 2.02. The molecule has 3 nitrogen and oxygen atoms in total. The van der Waals surface area contributed by atoms with Gasteiger partial charge in [0, 0.05) is 12.2 Å². The number of benzene rings is 2. The van der Waals surface area contributed by atoms with Crippen LogP contribution >= 0.6 is 0 Å². The Hall–Kier alpha value is -2.13. The Balaban J connectivity index is 2.06. The van der Waals surface area contributed by atoms with E-state index >= 15 is 0 Å². The quantitative estimate of drug-likeness (QED) is 0.895. The lowest BCUT2D eigenvalue weighted by Crippen LogP contribution is -2.15. The summed E-state index contributed by atoms with van der Waals surface area (Å²) >= 11 is 0. The number of aryl methyl sites for hydroxylation is 2. The molecule has 20 heavy (non-hydrogen) atoms. The summed E-state index contributed by atoms with van der Waals surface area (Å²) in [7, 11) is 0. The molecule has 0 aliphatic heterocycles. The largest absolute Gasteiger partial charge is 0.326 e. The molecular formula is C17H20N2O. The molecule has 2 rings (SSSR count). The van der Waals surface area contributed by atoms with Crippen molar-refractivity contribution < 1.29 is 4.79 Å². The maximum atomic E-state index is 12.1. The molecule has 0 saturated heterocycles. The van der Waals surface area contributed by atoms with Crippen LogP contribution in [0.1, 0.15) is 22.3 Å². The van der Waals surface area contributed by atoms with Gasteiger partial charge in [-0.15, -0.1) is 0 Å². The second kappa shape index (κ2) is 6.35. The summed E-state index contributed by atoms with van der Waals surface area (Å²) in [6.07, 6.45) is 0.382. The molecular weight excluding hydrogens is 248 g/mol. The number of nitrogens with one attached hydrogen (secondary N) is 1. The smallest absolute Gasteiger partial charge is 0.228 e. The van der Waals surface area contributed by atoms with Crippen molar-refractivity contribution in [3.8, 4) is 0 Å². The van der Waals surface area contributed by atoms with E-state index in [9.17, 15) is 4.79 Å². The molecule has 0 spiro atoms. The average molecular weight is 268 g/mol. The number of carbonyl (C=O) groups excluding carboxylic acids is 1. The van der Waals surface area contributed by atoms with Gasteiger partial charge in [-0.2, -0.15) is 0 Å². The summed E-state index contributed by atoms with van der Waals surface area (Å²) in [6.45, 7) is 4.48. The van der Waals surface area contributed by atoms with Crippen molar-refractivity contribution in [2.24, 2.45) is 5.73 Å². The summed E-state index contributed by atoms with van der Waals surface area (Å²) in [5.41, 5.74) is 10.7. The van der Waals surface area contributed by atoms with Crippen LogP contribution in [0, 0.1) is 13.8 Å². The minimum Gasteiger partial charge on any atom is -0.326 e. The third-order valence-corrected chi connectivity index (χ3v) is 3.30. The minimum absolute atomic E-state index is 0.00822. The second-order valence-corrected chi connectivity index (χ2v) is 5.06. The van der Waals surface area contributed by atoms with Gasteiger partial charge in [0.1, 0.15) is 0 Å². The second-order valence-electron chi connectivity index (χ2n) is 5.06. The molecule has 1 amide bonds. The van der Waals surface area contributed by atoms with Crippen LogP contribution in [0.5, 0.6) is 0 Å². The number of carbonyl (C=O) groups is 1. The van der Waals surface area contributed by atoms with E-state index in [1.54, 1.807) is 0 Å². The number of rotatable bonds is 4. The summed E-state index contributed by atoms with van der Waals surface area (Å²) < 4.78 is 0. The highest BCUT2D eigenvalue weighted by atomic mass is 16.1. The maximum Gasteiger partial charge on any atom is 0.228 e. The van der Waals surface area contributed by atoms with E-state index in [1.807, 2.05) is 56.3 Å². The molecule has 2 aromatic carbocycles. The zero-order valence-corrected chi connectivity index (χ0v) is 11.9. The first kappa shape index (κ1) is 14.3. The Morgan fingerprint density at radius 2 is 1.70 bits per heavy atom. The van der Waals surface area contributed by atoms with E-state index < -0.39 is 0 Å². The maximum absolute atomic E-state index is 12.1. The van der Waals surface area contributed by atoms with Crippen molar-refractivity contribution in [3.05, 3.63) is 64.7 Å². The third kappa shape index (κ3) is 3.68. The van der Waals surface area contributed by atoms with E-state index in [0.717, 1.165) is 22.4 Å². The lowest BCUT2D eigenvalue weighted by Gasteiger charge is -2.10. The van der Waals surface area contributed by atoms with Gasteiger partial charge in [0.05, 0.1) is 6.42 Å². The summed E-state index contributed by atoms with van der Waals surface area (Å²) in [6, 6.07) is 13.9. The molecule has 3 N–H and O–H groups in total. The van der Waals surface area contributed by atoms with Crippen LogP contribution in [0.25, 0.3) is 0 Å². The molecule has 0 aliphatic carbocycles. The predicted molar refractivity (Wildman–Crippen MR) is 82.6 cm³/mol. The standard InChI is InChI=1S/C17H20N2O/c1-12-3-6-14(7-4-12)10-17(20)19-16-9-15(11-18)8-5-13(16)2/h3-9H,10-11,18H2,1-2H3,(H,19,20). The highest BCUT2D eigenvalue weighted by Crippen LogP contribution is 2.17. The van der Waals surface area contributed by atoms with Crippen LogP contribution < -0.4 is 11.1 Å². The Morgan fingerprint density at radius 1 is 1.05 bits per heavy atom. The summed E-state index contributed by atoms with van der Waals surface area (Å²) in [5, 5.41) is 2.95. The first-order valence-electron chi connectivity index (χ1n) is 6.73. The van der Waals surface area contributed by atoms with E-state index in [2.05, 4.69) is 5.32 Å². The van der Waals surface area contributed by atoms with Gasteiger partial charge in [-0.3, -0.25) is 4.79 Å². The van der Waals surface area contributed by atoms with Crippen molar-refractivity contribution in [1.29, 1.82) is 0 Å². The van der Waals surface area contributed by atoms with Gasteiger partial charge < -0.3 is 11.1 Å². The molecule has 0 bridgehead atoms. The van der Waals surface area contributed by atoms with Crippen molar-refractivity contribution in [1.82, 2.24) is 0 Å². The molecule has 0 fully saturated rings. The van der Waals surface area contributed by atoms with Crippen molar-refractivity contribution in [2.75, 3.05) is 5.32 Å². The van der Waals surface area contributed by atoms with E-state index in [4.69, 9.17) is 5.73 Å². The monoisotopic (exact) mass is 268 g/mol. The molecule has 0 aliphatic rings. The average Bonchev–Trinajstić information content (AvgIpc) is 2.44. The van der Waals surface area contributed by atoms with Crippen molar-refractivity contribution >= 4 is 11.6 Å². The van der Waals surface area contributed by atoms with Crippen LogP contribution in [-0.2, 0) is 17.8 Å². The highest BCUT2D eigenvalue weighted by Gasteiger charge is 2.06. The predicted octanol–water partition coefficient (Wildman–Crippen LogP) is 2.94. The zero-order chi connectivity index (χ0) is 14.5. The first-order valence-corrected chi connectivity index (χ1v) is 6.73. The first-order chi connectivity index (χ1) is 9.58. The number of hydrogen-bond acceptors (Lipinski definition) is 2. The molecule has 104 valence electrons. The lowest BCUT2D eigenvalue weighted by molar-refractivity contribution is -0.115. The van der Waals surface area contributed by atoms with Crippen LogP contribution in [0.15, 0.2) is 42.5 Å². The van der Waals surface area contributed by atoms with Crippen LogP contribution in [-0.4, -0.2) is 5.91 Å². The number of anilines is 1. The SMILES string of the molecule is Cc1ccc(CC(=O)Nc2cc(CN)ccc2C)cc1. The Morgan fingerprint density at radius 3 is 2.35 bits per heavy atom. The number of amides is 1. The van der Waals surface area contributed by atoms with Gasteiger partial charge in [0.2, 0.25) is 5.91 Å². The normalized spacial score (nSPS) is 10.3. The van der Waals surface area contributed by atoms with Crippen LogP contribution in [0.4, 0.5) is 5.69 Å². The van der Waals surface area contributed by atoms with Crippen LogP contribution in [0.3, 0.4) is 0 Å². The Labute approximate surface area is 119 Å². The highest BCUT2D eigenvalue weighted by molar-refractivity contribution is 5.93. The molecule has 3 heteroatoms. The van der Waals surface area contributed by atoms with Gasteiger partial charge in [-0.25, -0.2) is 0 Å². The Kier molecular flexibility index (Phi) is 4.53. The van der Waals surface area contributed by atoms with Gasteiger partial charge in [-0.1, -0.05) is 42.0 Å². The van der Waals surface area contributed by atoms with Gasteiger partial charge in [0.25, 0.3) is 0 Å². The van der Waals surface area contributed by atoms with E-state index in [0.29, 0.717) is 13.0 Å². The third-order valence-electron chi connectivity index (χ3n) is 3.30. The molecule has 0 heterocycles. The van der Waals surface area contributed by atoms with E-state index in [-0.39, 0.29) is 5.91 Å². The molecule has 0 saturated carbocycles. The fraction of sp³-hybridized carbons (Fsp3) is 0.235. The fourth-order valence-electron chi connectivity index (χ4n) is 2.02. The summed E-state index contributed by atoms with van der Waals surface area (Å²) in [5.74, 6) is -0.00822. The van der Waals surface area contributed by atoms with E-state index in [1.165, 1.54) is 5.56 Å². The summed E-state index contributed by atoms with van der Waals surface area (Å²) in [4.78, 5) is 12.1. The molecule has 0 unspecified atom stereocenters. The van der Waals surface area contributed by atoms with Crippen LogP contribution in [0.2, 0.25) is 0 Å². The number of nitrogens with two attached hydrogens (primary N) is 1.